The van der Waals surface area contributed by atoms with Gasteiger partial charge in [-0.25, -0.2) is 9.79 Å². The number of aliphatic imine (C=N–C) groups is 1. The van der Waals surface area contributed by atoms with Crippen molar-refractivity contribution < 1.29 is 51.1 Å². The van der Waals surface area contributed by atoms with Crippen LogP contribution in [0.4, 0.5) is 23.7 Å². The Morgan fingerprint density at radius 3 is 2.30 bits per heavy atom. The zero-order chi connectivity index (χ0) is 28.9. The fourth-order valence-corrected chi connectivity index (χ4v) is 4.57. The molecule has 2 aliphatic heterocycles. The van der Waals surface area contributed by atoms with Gasteiger partial charge in [0.15, 0.2) is 0 Å². The molecule has 0 spiro atoms. The third-order valence-electron chi connectivity index (χ3n) is 6.38. The van der Waals surface area contributed by atoms with Gasteiger partial charge < -0.3 is 33.2 Å². The lowest BCUT2D eigenvalue weighted by Crippen LogP contribution is -2.60. The number of methoxy groups -OCH3 is 2. The molecule has 1 saturated heterocycles. The van der Waals surface area contributed by atoms with Gasteiger partial charge in [-0.05, 0) is 55.8 Å². The Bertz CT molecular complexity index is 1160. The number of hydrogen-bond donors (Lipinski definition) is 1. The Balaban J connectivity index is 1.35. The zero-order valence-corrected chi connectivity index (χ0v) is 22.3. The number of benzene rings is 2. The maximum atomic E-state index is 12.6. The average molecular weight is 569 g/mol. The molecule has 0 bridgehead atoms. The highest BCUT2D eigenvalue weighted by molar-refractivity contribution is 5.96. The maximum absolute atomic E-state index is 12.6. The average Bonchev–Trinajstić information content (AvgIpc) is 3.39. The van der Waals surface area contributed by atoms with Crippen LogP contribution in [0.2, 0.25) is 0 Å². The van der Waals surface area contributed by atoms with Gasteiger partial charge in [-0.1, -0.05) is 12.1 Å². The van der Waals surface area contributed by atoms with Gasteiger partial charge >= 0.3 is 12.5 Å². The molecule has 0 radical (unpaired) electrons. The van der Waals surface area contributed by atoms with Crippen LogP contribution < -0.4 is 10.1 Å². The highest BCUT2D eigenvalue weighted by Crippen LogP contribution is 2.30. The lowest BCUT2D eigenvalue weighted by atomic mass is 9.99. The second-order valence-electron chi connectivity index (χ2n) is 9.02. The molecule has 1 unspecified atom stereocenters. The van der Waals surface area contributed by atoms with E-state index >= 15 is 0 Å². The van der Waals surface area contributed by atoms with Gasteiger partial charge in [0.05, 0.1) is 6.10 Å². The number of nitrogens with one attached hydrogen (secondary N) is 1. The predicted octanol–water partition coefficient (Wildman–Crippen LogP) is 4.83. The van der Waals surface area contributed by atoms with Crippen LogP contribution in [0.15, 0.2) is 53.5 Å². The molecule has 0 saturated carbocycles. The van der Waals surface area contributed by atoms with E-state index in [4.69, 9.17) is 28.4 Å². The van der Waals surface area contributed by atoms with Crippen molar-refractivity contribution in [2.75, 3.05) is 32.8 Å². The number of halogens is 3. The number of rotatable bonds is 9. The predicted molar refractivity (Wildman–Crippen MR) is 136 cm³/mol. The van der Waals surface area contributed by atoms with Gasteiger partial charge in [0.1, 0.15) is 36.7 Å². The second-order valence-corrected chi connectivity index (χ2v) is 9.02. The van der Waals surface area contributed by atoms with Crippen molar-refractivity contribution in [1.29, 1.82) is 0 Å². The minimum absolute atomic E-state index is 0.230. The number of amides is 1. The van der Waals surface area contributed by atoms with E-state index in [9.17, 15) is 18.0 Å². The van der Waals surface area contributed by atoms with E-state index in [0.717, 1.165) is 0 Å². The van der Waals surface area contributed by atoms with Crippen LogP contribution in [0, 0.1) is 0 Å². The Kier molecular flexibility index (Phi) is 9.51. The first-order valence-corrected chi connectivity index (χ1v) is 12.6. The van der Waals surface area contributed by atoms with Crippen LogP contribution in [0.3, 0.4) is 0 Å². The van der Waals surface area contributed by atoms with Crippen molar-refractivity contribution in [3.05, 3.63) is 59.7 Å². The summed E-state index contributed by atoms with van der Waals surface area (Å²) < 4.78 is 74.9. The summed E-state index contributed by atoms with van der Waals surface area (Å²) in [6.45, 7) is 4.30. The molecule has 0 aliphatic carbocycles. The molecule has 2 heterocycles. The van der Waals surface area contributed by atoms with Crippen molar-refractivity contribution in [3.63, 3.8) is 0 Å². The number of ether oxygens (including phenoxy) is 7. The summed E-state index contributed by atoms with van der Waals surface area (Å²) in [5, 5.41) is 2.65. The van der Waals surface area contributed by atoms with Gasteiger partial charge in [-0.15, -0.1) is 13.2 Å². The van der Waals surface area contributed by atoms with Crippen molar-refractivity contribution in [3.8, 4) is 5.75 Å². The van der Waals surface area contributed by atoms with E-state index in [1.165, 1.54) is 31.4 Å². The van der Waals surface area contributed by atoms with Crippen LogP contribution in [-0.2, 0) is 28.4 Å². The van der Waals surface area contributed by atoms with Crippen LogP contribution in [0.1, 0.15) is 31.0 Å². The minimum atomic E-state index is -4.75. The van der Waals surface area contributed by atoms with E-state index < -0.39 is 43.2 Å². The molecule has 10 nitrogen and oxygen atoms in total. The molecule has 4 rings (SSSR count). The summed E-state index contributed by atoms with van der Waals surface area (Å²) in [7, 11) is 3.03. The van der Waals surface area contributed by atoms with Gasteiger partial charge in [0, 0.05) is 32.1 Å². The summed E-state index contributed by atoms with van der Waals surface area (Å²) in [5.41, 5.74) is 1.80. The summed E-state index contributed by atoms with van der Waals surface area (Å²) in [5.74, 6) is 0.0634. The number of alkyl halides is 3. The van der Waals surface area contributed by atoms with Gasteiger partial charge in [0.25, 0.3) is 0 Å². The molecule has 2 aromatic rings. The highest BCUT2D eigenvalue weighted by Gasteiger charge is 2.47. The third kappa shape index (κ3) is 7.22. The second kappa shape index (κ2) is 12.9. The van der Waals surface area contributed by atoms with Crippen molar-refractivity contribution in [2.45, 2.75) is 57.0 Å². The highest BCUT2D eigenvalue weighted by atomic mass is 19.4. The normalized spacial score (nSPS) is 26.5. The van der Waals surface area contributed by atoms with E-state index in [0.29, 0.717) is 29.3 Å². The number of carbonyl (C=O) groups is 1. The molecule has 1 N–H and O–H groups in total. The summed E-state index contributed by atoms with van der Waals surface area (Å²) >= 11 is 0. The molecule has 1 fully saturated rings. The molecule has 0 aromatic heterocycles. The topological polar surface area (TPSA) is 106 Å². The molecule has 13 heteroatoms. The number of carbonyl (C=O) groups excluding carboxylic acids is 1. The van der Waals surface area contributed by atoms with E-state index in [2.05, 4.69) is 15.0 Å². The summed E-state index contributed by atoms with van der Waals surface area (Å²) in [6.07, 6.45) is -8.53. The zero-order valence-electron chi connectivity index (χ0n) is 22.3. The molecule has 40 heavy (non-hydrogen) atoms. The van der Waals surface area contributed by atoms with Gasteiger partial charge in [-0.3, -0.25) is 5.32 Å². The largest absolute Gasteiger partial charge is 0.573 e. The van der Waals surface area contributed by atoms with Gasteiger partial charge in [0.2, 0.25) is 12.2 Å². The first kappa shape index (κ1) is 29.6. The lowest BCUT2D eigenvalue weighted by molar-refractivity contribution is -0.292. The van der Waals surface area contributed by atoms with E-state index in [-0.39, 0.29) is 18.4 Å². The van der Waals surface area contributed by atoms with Crippen LogP contribution in [-0.4, -0.2) is 76.5 Å². The fraction of sp³-hybridized carbons (Fsp3) is 0.481. The number of hydrogen-bond acceptors (Lipinski definition) is 9. The maximum Gasteiger partial charge on any atom is 0.573 e. The van der Waals surface area contributed by atoms with E-state index in [1.54, 1.807) is 38.3 Å². The standard InChI is InChI=1S/C27H31F3N2O8/c1-5-36-22-21(34-3)15(2)38-25(23(22)35-4)39-26(33)31-18-10-6-17(7-11-18)24-32-20(14-37-24)16-8-12-19(13-9-16)40-27(28,29)30/h6-13,15,20-23,25H,5,14H2,1-4H3,(H,31,33)/t15-,20?,21-,22+,23+,25-/m0/s1. The monoisotopic (exact) mass is 568 g/mol. The van der Waals surface area contributed by atoms with Crippen molar-refractivity contribution in [2.24, 2.45) is 4.99 Å². The van der Waals surface area contributed by atoms with Crippen molar-refractivity contribution >= 4 is 17.7 Å². The molecule has 6 atom stereocenters. The third-order valence-corrected chi connectivity index (χ3v) is 6.38. The Morgan fingerprint density at radius 2 is 1.70 bits per heavy atom. The quantitative estimate of drug-likeness (QED) is 0.459. The van der Waals surface area contributed by atoms with Crippen LogP contribution >= 0.6 is 0 Å². The first-order chi connectivity index (χ1) is 19.1. The number of nitrogens with zero attached hydrogens (tertiary/aromatic N) is 1. The lowest BCUT2D eigenvalue weighted by Gasteiger charge is -2.43. The van der Waals surface area contributed by atoms with Crippen molar-refractivity contribution in [1.82, 2.24) is 0 Å². The Morgan fingerprint density at radius 1 is 1.02 bits per heavy atom. The molecule has 2 aliphatic rings. The van der Waals surface area contributed by atoms with Crippen LogP contribution in [0.25, 0.3) is 0 Å². The molecule has 218 valence electrons. The van der Waals surface area contributed by atoms with Crippen LogP contribution in [0.5, 0.6) is 5.75 Å². The van der Waals surface area contributed by atoms with Gasteiger partial charge in [-0.2, -0.15) is 0 Å². The smallest absolute Gasteiger partial charge is 0.475 e. The number of anilines is 1. The molecular weight excluding hydrogens is 537 g/mol. The Hall–Kier alpha value is -3.39. The molecular formula is C27H31F3N2O8. The fourth-order valence-electron chi connectivity index (χ4n) is 4.57. The molecule has 2 aromatic carbocycles. The molecule has 1 amide bonds. The first-order valence-electron chi connectivity index (χ1n) is 12.6. The van der Waals surface area contributed by atoms with E-state index in [1.807, 2.05) is 6.92 Å². The minimum Gasteiger partial charge on any atom is -0.475 e. The summed E-state index contributed by atoms with van der Waals surface area (Å²) in [4.78, 5) is 17.2. The SMILES string of the molecule is CCO[C@@H]1[C@@H](OC)[C@H](C)O[C@@H](OC(=O)Nc2ccc(C3=NC(c4ccc(OC(F)(F)F)cc4)CO3)cc2)[C@@H]1OC. The summed E-state index contributed by atoms with van der Waals surface area (Å²) in [6, 6.07) is 11.8. The Labute approximate surface area is 229 Å².